The number of carbonyl (C=O) groups excluding carboxylic acids is 2. The Balaban J connectivity index is 1.45. The molecule has 1 fully saturated rings. The lowest BCUT2D eigenvalue weighted by Gasteiger charge is -2.23. The molecule has 0 aliphatic heterocycles. The van der Waals surface area contributed by atoms with Crippen LogP contribution in [0.1, 0.15) is 44.4 Å². The molecule has 7 heteroatoms. The fraction of sp³-hybridized carbons (Fsp3) is 0.258. The highest BCUT2D eigenvalue weighted by Crippen LogP contribution is 2.49. The van der Waals surface area contributed by atoms with Crippen LogP contribution in [0.5, 0.6) is 5.75 Å². The summed E-state index contributed by atoms with van der Waals surface area (Å²) < 4.78 is 11.0. The minimum absolute atomic E-state index is 0.00409. The highest BCUT2D eigenvalue weighted by Gasteiger charge is 2.52. The Labute approximate surface area is 221 Å². The van der Waals surface area contributed by atoms with Gasteiger partial charge in [-0.1, -0.05) is 72.7 Å². The molecule has 1 saturated carbocycles. The largest absolute Gasteiger partial charge is 0.506 e. The average molecular weight is 511 g/mol. The number of hydrogen-bond donors (Lipinski definition) is 1. The van der Waals surface area contributed by atoms with Crippen molar-refractivity contribution >= 4 is 23.3 Å². The molecule has 5 rings (SSSR count). The number of nitrogens with zero attached hydrogens (tertiary/aromatic N) is 2. The lowest BCUT2D eigenvalue weighted by Crippen LogP contribution is -2.25. The molecule has 0 spiro atoms. The summed E-state index contributed by atoms with van der Waals surface area (Å²) in [6.07, 6.45) is 1.87. The van der Waals surface area contributed by atoms with Gasteiger partial charge in [0, 0.05) is 12.0 Å². The van der Waals surface area contributed by atoms with Crippen LogP contribution in [0.2, 0.25) is 0 Å². The van der Waals surface area contributed by atoms with E-state index in [1.165, 1.54) is 4.90 Å². The Morgan fingerprint density at radius 2 is 1.55 bits per heavy atom. The standard InChI is InChI=1S/C31H30N2O5/c1-4-27(35)33(25-8-6-7-9-26(25)34)28-20(3)32-38-29(28)23-12-10-21(11-13-23)22-14-16-24(17-15-22)31(18-19-31)30(36)37-5-2/h6-17,34H,4-5,18-19H2,1-3H3. The summed E-state index contributed by atoms with van der Waals surface area (Å²) in [5.41, 5.74) is 4.69. The van der Waals surface area contributed by atoms with Gasteiger partial charge in [-0.2, -0.15) is 0 Å². The van der Waals surface area contributed by atoms with E-state index < -0.39 is 5.41 Å². The van der Waals surface area contributed by atoms with Gasteiger partial charge in [-0.25, -0.2) is 0 Å². The molecule has 3 aromatic carbocycles. The molecule has 38 heavy (non-hydrogen) atoms. The third-order valence-corrected chi connectivity index (χ3v) is 7.06. The van der Waals surface area contributed by atoms with E-state index in [2.05, 4.69) is 5.16 Å². The van der Waals surface area contributed by atoms with Crippen LogP contribution in [-0.4, -0.2) is 28.7 Å². The number of phenolic OH excluding ortho intramolecular Hbond substituents is 1. The number of esters is 1. The second-order valence-corrected chi connectivity index (χ2v) is 9.47. The molecule has 1 heterocycles. The first-order chi connectivity index (χ1) is 18.4. The number of amides is 1. The van der Waals surface area contributed by atoms with Crippen LogP contribution >= 0.6 is 0 Å². The first-order valence-corrected chi connectivity index (χ1v) is 12.9. The van der Waals surface area contributed by atoms with E-state index in [0.717, 1.165) is 35.1 Å². The SMILES string of the molecule is CCOC(=O)C1(c2ccc(-c3ccc(-c4onc(C)c4N(C(=O)CC)c4ccccc4O)cc3)cc2)CC1. The van der Waals surface area contributed by atoms with Crippen molar-refractivity contribution in [2.24, 2.45) is 0 Å². The number of aromatic hydroxyl groups is 1. The maximum absolute atomic E-state index is 13.0. The smallest absolute Gasteiger partial charge is 0.316 e. The van der Waals surface area contributed by atoms with Gasteiger partial charge in [0.15, 0.2) is 5.76 Å². The number of para-hydroxylation sites is 2. The maximum Gasteiger partial charge on any atom is 0.316 e. The monoisotopic (exact) mass is 510 g/mol. The predicted molar refractivity (Wildman–Crippen MR) is 145 cm³/mol. The van der Waals surface area contributed by atoms with Gasteiger partial charge in [0.05, 0.1) is 17.7 Å². The highest BCUT2D eigenvalue weighted by molar-refractivity contribution is 6.04. The van der Waals surface area contributed by atoms with Gasteiger partial charge >= 0.3 is 5.97 Å². The Kier molecular flexibility index (Phi) is 6.76. The molecule has 4 aromatic rings. The zero-order valence-electron chi connectivity index (χ0n) is 21.7. The predicted octanol–water partition coefficient (Wildman–Crippen LogP) is 6.69. The molecular weight excluding hydrogens is 480 g/mol. The molecule has 0 saturated heterocycles. The summed E-state index contributed by atoms with van der Waals surface area (Å²) in [4.78, 5) is 26.9. The number of ether oxygens (including phenoxy) is 1. The fourth-order valence-electron chi connectivity index (χ4n) is 4.81. The van der Waals surface area contributed by atoms with E-state index in [0.29, 0.717) is 29.4 Å². The summed E-state index contributed by atoms with van der Waals surface area (Å²) in [7, 11) is 0. The molecule has 7 nitrogen and oxygen atoms in total. The molecule has 1 aliphatic carbocycles. The summed E-state index contributed by atoms with van der Waals surface area (Å²) in [6, 6.07) is 22.6. The van der Waals surface area contributed by atoms with Crippen molar-refractivity contribution in [1.82, 2.24) is 5.16 Å². The Morgan fingerprint density at radius 3 is 2.13 bits per heavy atom. The number of rotatable bonds is 8. The highest BCUT2D eigenvalue weighted by atomic mass is 16.5. The third kappa shape index (κ3) is 4.45. The topological polar surface area (TPSA) is 92.9 Å². The van der Waals surface area contributed by atoms with Gasteiger partial charge in [-0.15, -0.1) is 0 Å². The van der Waals surface area contributed by atoms with E-state index in [9.17, 15) is 14.7 Å². The summed E-state index contributed by atoms with van der Waals surface area (Å²) >= 11 is 0. The molecule has 1 N–H and O–H groups in total. The second kappa shape index (κ2) is 10.2. The van der Waals surface area contributed by atoms with Crippen LogP contribution in [-0.2, 0) is 19.7 Å². The van der Waals surface area contributed by atoms with Gasteiger partial charge in [-0.05, 0) is 55.5 Å². The first kappa shape index (κ1) is 25.3. The van der Waals surface area contributed by atoms with Gasteiger partial charge < -0.3 is 14.4 Å². The normalized spacial score (nSPS) is 13.7. The van der Waals surface area contributed by atoms with Crippen LogP contribution in [0.15, 0.2) is 77.3 Å². The van der Waals surface area contributed by atoms with E-state index in [4.69, 9.17) is 9.26 Å². The van der Waals surface area contributed by atoms with Crippen LogP contribution in [0, 0.1) is 6.92 Å². The summed E-state index contributed by atoms with van der Waals surface area (Å²) in [5, 5.41) is 14.6. The van der Waals surface area contributed by atoms with E-state index in [1.54, 1.807) is 38.1 Å². The Bertz CT molecular complexity index is 1470. The minimum Gasteiger partial charge on any atom is -0.506 e. The van der Waals surface area contributed by atoms with Crippen molar-refractivity contribution in [2.45, 2.75) is 45.4 Å². The van der Waals surface area contributed by atoms with Crippen molar-refractivity contribution in [3.05, 3.63) is 84.1 Å². The molecule has 0 bridgehead atoms. The number of aromatic nitrogens is 1. The maximum atomic E-state index is 13.0. The van der Waals surface area contributed by atoms with Crippen molar-refractivity contribution in [2.75, 3.05) is 11.5 Å². The third-order valence-electron chi connectivity index (χ3n) is 7.06. The van der Waals surface area contributed by atoms with E-state index in [-0.39, 0.29) is 24.0 Å². The molecular formula is C31H30N2O5. The summed E-state index contributed by atoms with van der Waals surface area (Å²) in [6.45, 7) is 5.76. The van der Waals surface area contributed by atoms with Crippen molar-refractivity contribution in [1.29, 1.82) is 0 Å². The zero-order valence-corrected chi connectivity index (χ0v) is 21.7. The molecule has 0 atom stereocenters. The number of anilines is 2. The molecule has 1 amide bonds. The van der Waals surface area contributed by atoms with Crippen molar-refractivity contribution in [3.8, 4) is 28.2 Å². The number of carbonyl (C=O) groups is 2. The Hall–Kier alpha value is -4.39. The van der Waals surface area contributed by atoms with Gasteiger partial charge in [0.25, 0.3) is 0 Å². The second-order valence-electron chi connectivity index (χ2n) is 9.47. The van der Waals surface area contributed by atoms with Crippen molar-refractivity contribution < 1.29 is 24.0 Å². The molecule has 0 unspecified atom stereocenters. The molecule has 1 aliphatic rings. The lowest BCUT2D eigenvalue weighted by molar-refractivity contribution is -0.146. The van der Waals surface area contributed by atoms with Gasteiger partial charge in [0.1, 0.15) is 17.1 Å². The van der Waals surface area contributed by atoms with Gasteiger partial charge in [0.2, 0.25) is 5.91 Å². The van der Waals surface area contributed by atoms with Crippen LogP contribution in [0.3, 0.4) is 0 Å². The van der Waals surface area contributed by atoms with E-state index in [1.807, 2.05) is 55.5 Å². The number of hydrogen-bond acceptors (Lipinski definition) is 6. The van der Waals surface area contributed by atoms with Crippen molar-refractivity contribution in [3.63, 3.8) is 0 Å². The molecule has 194 valence electrons. The first-order valence-electron chi connectivity index (χ1n) is 12.9. The Morgan fingerprint density at radius 1 is 0.947 bits per heavy atom. The molecule has 0 radical (unpaired) electrons. The van der Waals surface area contributed by atoms with Gasteiger partial charge in [-0.3, -0.25) is 14.5 Å². The van der Waals surface area contributed by atoms with E-state index >= 15 is 0 Å². The summed E-state index contributed by atoms with van der Waals surface area (Å²) in [5.74, 6) is 0.108. The quantitative estimate of drug-likeness (QED) is 0.265. The minimum atomic E-state index is -0.492. The van der Waals surface area contributed by atoms with Crippen LogP contribution < -0.4 is 4.90 Å². The fourth-order valence-corrected chi connectivity index (χ4v) is 4.81. The number of phenols is 1. The van der Waals surface area contributed by atoms with Crippen LogP contribution in [0.4, 0.5) is 11.4 Å². The lowest BCUT2D eigenvalue weighted by atomic mass is 9.93. The number of benzene rings is 3. The molecule has 1 aromatic heterocycles. The number of aryl methyl sites for hydroxylation is 1. The van der Waals surface area contributed by atoms with Crippen LogP contribution in [0.25, 0.3) is 22.5 Å². The zero-order chi connectivity index (χ0) is 26.9. The average Bonchev–Trinajstić information content (AvgIpc) is 3.68.